The van der Waals surface area contributed by atoms with Gasteiger partial charge in [-0.25, -0.2) is 0 Å². The van der Waals surface area contributed by atoms with Crippen LogP contribution in [0.4, 0.5) is 0 Å². The molecule has 3 heteroatoms. The molecule has 0 amide bonds. The van der Waals surface area contributed by atoms with Gasteiger partial charge in [-0.05, 0) is 12.8 Å². The molecular formula is C9H12BrNO. The number of halogens is 1. The van der Waals surface area contributed by atoms with Crippen LogP contribution >= 0.6 is 15.9 Å². The van der Waals surface area contributed by atoms with Crippen LogP contribution in [0.25, 0.3) is 0 Å². The minimum absolute atomic E-state index is 0.0807. The van der Waals surface area contributed by atoms with E-state index in [0.29, 0.717) is 0 Å². The second-order valence-electron chi connectivity index (χ2n) is 3.19. The van der Waals surface area contributed by atoms with Crippen molar-refractivity contribution in [2.45, 2.75) is 36.9 Å². The molecule has 2 nitrogen and oxygen atoms in total. The first-order valence-electron chi connectivity index (χ1n) is 4.33. The van der Waals surface area contributed by atoms with E-state index in [2.05, 4.69) is 22.0 Å². The minimum Gasteiger partial charge on any atom is -0.297 e. The van der Waals surface area contributed by atoms with Gasteiger partial charge >= 0.3 is 0 Å². The Morgan fingerprint density at radius 3 is 2.67 bits per heavy atom. The van der Waals surface area contributed by atoms with Crippen molar-refractivity contribution in [3.63, 3.8) is 0 Å². The summed E-state index contributed by atoms with van der Waals surface area (Å²) in [5, 5.41) is 8.70. The lowest BCUT2D eigenvalue weighted by molar-refractivity contribution is -0.121. The summed E-state index contributed by atoms with van der Waals surface area (Å²) in [5.41, 5.74) is 0. The van der Waals surface area contributed by atoms with Crippen LogP contribution in [0.2, 0.25) is 0 Å². The molecule has 12 heavy (non-hydrogen) atoms. The summed E-state index contributed by atoms with van der Waals surface area (Å²) in [5.74, 6) is -0.285. The van der Waals surface area contributed by atoms with E-state index in [-0.39, 0.29) is 16.5 Å². The number of hydrogen-bond acceptors (Lipinski definition) is 2. The van der Waals surface area contributed by atoms with Gasteiger partial charge in [-0.15, -0.1) is 0 Å². The Kier molecular flexibility index (Phi) is 3.74. The van der Waals surface area contributed by atoms with Crippen molar-refractivity contribution < 1.29 is 4.79 Å². The van der Waals surface area contributed by atoms with Crippen LogP contribution in [0.15, 0.2) is 0 Å². The van der Waals surface area contributed by atoms with Gasteiger partial charge in [-0.3, -0.25) is 4.79 Å². The molecule has 0 heterocycles. The van der Waals surface area contributed by atoms with Crippen LogP contribution in [-0.4, -0.2) is 10.6 Å². The number of carbonyl (C=O) groups excluding carboxylic acids is 1. The summed E-state index contributed by atoms with van der Waals surface area (Å²) < 4.78 is 0. The molecule has 0 bridgehead atoms. The topological polar surface area (TPSA) is 40.9 Å². The van der Waals surface area contributed by atoms with E-state index in [4.69, 9.17) is 5.26 Å². The zero-order chi connectivity index (χ0) is 8.97. The van der Waals surface area contributed by atoms with Crippen LogP contribution < -0.4 is 0 Å². The van der Waals surface area contributed by atoms with E-state index in [0.717, 1.165) is 32.1 Å². The van der Waals surface area contributed by atoms with Crippen molar-refractivity contribution in [3.05, 3.63) is 0 Å². The van der Waals surface area contributed by atoms with Crippen molar-refractivity contribution in [2.24, 2.45) is 5.92 Å². The molecule has 1 aliphatic rings. The van der Waals surface area contributed by atoms with E-state index in [9.17, 15) is 4.79 Å². The van der Waals surface area contributed by atoms with Gasteiger partial charge in [0.15, 0.2) is 5.78 Å². The third kappa shape index (κ3) is 2.31. The largest absolute Gasteiger partial charge is 0.297 e. The maximum absolute atomic E-state index is 11.5. The average molecular weight is 230 g/mol. The minimum atomic E-state index is -0.366. The predicted molar refractivity (Wildman–Crippen MR) is 49.9 cm³/mol. The van der Waals surface area contributed by atoms with Crippen molar-refractivity contribution in [3.8, 4) is 6.07 Å². The highest BCUT2D eigenvalue weighted by molar-refractivity contribution is 9.10. The number of rotatable bonds is 0. The SMILES string of the molecule is N#CC1CCCCCC(Br)C1=O. The van der Waals surface area contributed by atoms with Gasteiger partial charge in [0.25, 0.3) is 0 Å². The van der Waals surface area contributed by atoms with Gasteiger partial charge in [0.05, 0.1) is 10.9 Å². The molecule has 2 atom stereocenters. The molecule has 0 aromatic rings. The molecule has 0 aromatic carbocycles. The summed E-state index contributed by atoms with van der Waals surface area (Å²) in [6.45, 7) is 0. The summed E-state index contributed by atoms with van der Waals surface area (Å²) in [6, 6.07) is 2.07. The molecule has 0 radical (unpaired) electrons. The molecule has 2 unspecified atom stereocenters. The molecule has 0 aliphatic heterocycles. The van der Waals surface area contributed by atoms with E-state index in [1.165, 1.54) is 0 Å². The number of carbonyl (C=O) groups is 1. The summed E-state index contributed by atoms with van der Waals surface area (Å²) in [4.78, 5) is 11.4. The van der Waals surface area contributed by atoms with E-state index in [1.54, 1.807) is 0 Å². The number of alkyl halides is 1. The Balaban J connectivity index is 2.61. The third-order valence-electron chi connectivity index (χ3n) is 2.26. The lowest BCUT2D eigenvalue weighted by Gasteiger charge is -2.16. The normalized spacial score (nSPS) is 31.8. The molecule has 0 spiro atoms. The van der Waals surface area contributed by atoms with Gasteiger partial charge < -0.3 is 0 Å². The van der Waals surface area contributed by atoms with E-state index >= 15 is 0 Å². The first-order valence-corrected chi connectivity index (χ1v) is 5.24. The Morgan fingerprint density at radius 2 is 2.00 bits per heavy atom. The smallest absolute Gasteiger partial charge is 0.163 e. The maximum atomic E-state index is 11.5. The summed E-state index contributed by atoms with van der Waals surface area (Å²) in [6.07, 6.45) is 4.89. The number of hydrogen-bond donors (Lipinski definition) is 0. The van der Waals surface area contributed by atoms with Crippen LogP contribution in [0.1, 0.15) is 32.1 Å². The van der Waals surface area contributed by atoms with Gasteiger partial charge in [0.1, 0.15) is 5.92 Å². The van der Waals surface area contributed by atoms with Gasteiger partial charge in [0.2, 0.25) is 0 Å². The second-order valence-corrected chi connectivity index (χ2v) is 4.29. The highest BCUT2D eigenvalue weighted by Gasteiger charge is 2.25. The van der Waals surface area contributed by atoms with Crippen LogP contribution in [0.3, 0.4) is 0 Å². The fourth-order valence-electron chi connectivity index (χ4n) is 1.48. The number of ketones is 1. The molecule has 0 N–H and O–H groups in total. The zero-order valence-corrected chi connectivity index (χ0v) is 8.51. The van der Waals surface area contributed by atoms with Crippen LogP contribution in [0.5, 0.6) is 0 Å². The first kappa shape index (κ1) is 9.73. The van der Waals surface area contributed by atoms with E-state index < -0.39 is 0 Å². The van der Waals surface area contributed by atoms with Gasteiger partial charge in [-0.1, -0.05) is 35.2 Å². The second kappa shape index (κ2) is 4.61. The number of nitriles is 1. The van der Waals surface area contributed by atoms with Crippen molar-refractivity contribution in [1.29, 1.82) is 5.26 Å². The molecular weight excluding hydrogens is 218 g/mol. The quantitative estimate of drug-likeness (QED) is 0.599. The summed E-state index contributed by atoms with van der Waals surface area (Å²) >= 11 is 3.32. The molecule has 1 saturated carbocycles. The highest BCUT2D eigenvalue weighted by Crippen LogP contribution is 2.23. The molecule has 0 saturated heterocycles. The number of nitrogens with zero attached hydrogens (tertiary/aromatic N) is 1. The Morgan fingerprint density at radius 1 is 1.33 bits per heavy atom. The molecule has 1 aliphatic carbocycles. The molecule has 1 rings (SSSR count). The lowest BCUT2D eigenvalue weighted by atomic mass is 9.91. The molecule has 66 valence electrons. The van der Waals surface area contributed by atoms with Crippen LogP contribution in [0, 0.1) is 17.2 Å². The first-order chi connectivity index (χ1) is 5.75. The van der Waals surface area contributed by atoms with Gasteiger partial charge in [0, 0.05) is 0 Å². The fraction of sp³-hybridized carbons (Fsp3) is 0.778. The lowest BCUT2D eigenvalue weighted by Crippen LogP contribution is -2.24. The zero-order valence-electron chi connectivity index (χ0n) is 6.92. The predicted octanol–water partition coefficient (Wildman–Crippen LogP) is 2.42. The van der Waals surface area contributed by atoms with Crippen LogP contribution in [-0.2, 0) is 4.79 Å². The van der Waals surface area contributed by atoms with E-state index in [1.807, 2.05) is 0 Å². The van der Waals surface area contributed by atoms with Gasteiger partial charge in [-0.2, -0.15) is 5.26 Å². The maximum Gasteiger partial charge on any atom is 0.163 e. The summed E-state index contributed by atoms with van der Waals surface area (Å²) in [7, 11) is 0. The van der Waals surface area contributed by atoms with Crippen molar-refractivity contribution in [2.75, 3.05) is 0 Å². The fourth-order valence-corrected chi connectivity index (χ4v) is 2.12. The highest BCUT2D eigenvalue weighted by atomic mass is 79.9. The Bertz CT molecular complexity index is 209. The van der Waals surface area contributed by atoms with Crippen molar-refractivity contribution >= 4 is 21.7 Å². The number of Topliss-reactive ketones (excluding diaryl/α,β-unsaturated/α-hetero) is 1. The average Bonchev–Trinajstić information content (AvgIpc) is 2.07. The molecule has 1 fully saturated rings. The monoisotopic (exact) mass is 229 g/mol. The Labute approximate surface area is 81.1 Å². The Hall–Kier alpha value is -0.360. The third-order valence-corrected chi connectivity index (χ3v) is 3.17. The standard InChI is InChI=1S/C9H12BrNO/c10-8-5-3-1-2-4-7(6-11)9(8)12/h7-8H,1-5H2. The molecule has 0 aromatic heterocycles. The van der Waals surface area contributed by atoms with Crippen molar-refractivity contribution in [1.82, 2.24) is 0 Å².